The molecule has 6 heteroatoms. The summed E-state index contributed by atoms with van der Waals surface area (Å²) in [5.74, 6) is 0. The first kappa shape index (κ1) is 14.2. The number of hydrogen-bond acceptors (Lipinski definition) is 3. The first-order valence-corrected chi connectivity index (χ1v) is 6.01. The van der Waals surface area contributed by atoms with E-state index in [2.05, 4.69) is 10.3 Å². The lowest BCUT2D eigenvalue weighted by molar-refractivity contribution is -0.137. The van der Waals surface area contributed by atoms with Crippen LogP contribution >= 0.6 is 0 Å². The second-order valence-corrected chi connectivity index (χ2v) is 4.45. The molecule has 20 heavy (non-hydrogen) atoms. The number of aromatic nitrogens is 1. The van der Waals surface area contributed by atoms with Crippen LogP contribution in [0.5, 0.6) is 0 Å². The topological polar surface area (TPSA) is 50.9 Å². The van der Waals surface area contributed by atoms with Gasteiger partial charge in [0, 0.05) is 12.4 Å². The molecule has 1 unspecified atom stereocenters. The van der Waals surface area contributed by atoms with Gasteiger partial charge in [0.05, 0.1) is 23.0 Å². The van der Waals surface area contributed by atoms with Crippen molar-refractivity contribution in [2.45, 2.75) is 19.1 Å². The van der Waals surface area contributed by atoms with Crippen molar-refractivity contribution in [3.8, 4) is 0 Å². The second-order valence-electron chi connectivity index (χ2n) is 4.45. The van der Waals surface area contributed by atoms with Gasteiger partial charge in [0.25, 0.3) is 0 Å². The predicted molar refractivity (Wildman–Crippen MR) is 72.1 cm³/mol. The molecular formula is C14H14F3N3. The van der Waals surface area contributed by atoms with Gasteiger partial charge in [-0.15, -0.1) is 0 Å². The number of benzene rings is 1. The molecule has 0 spiro atoms. The highest BCUT2D eigenvalue weighted by molar-refractivity contribution is 5.67. The Bertz CT molecular complexity index is 582. The van der Waals surface area contributed by atoms with E-state index in [9.17, 15) is 13.2 Å². The number of nitrogens with two attached hydrogens (primary N) is 1. The van der Waals surface area contributed by atoms with Crippen LogP contribution in [0.3, 0.4) is 0 Å². The third-order valence-electron chi connectivity index (χ3n) is 2.94. The van der Waals surface area contributed by atoms with E-state index in [1.54, 1.807) is 18.5 Å². The SMILES string of the molecule is CC(Nc1ccc(C(F)(F)F)cc1N)c1cccnc1. The molecule has 0 aliphatic heterocycles. The summed E-state index contributed by atoms with van der Waals surface area (Å²) in [5, 5.41) is 3.07. The Balaban J connectivity index is 2.18. The van der Waals surface area contributed by atoms with Crippen LogP contribution in [0.1, 0.15) is 24.1 Å². The number of anilines is 2. The average Bonchev–Trinajstić information content (AvgIpc) is 2.41. The van der Waals surface area contributed by atoms with Gasteiger partial charge in [-0.25, -0.2) is 0 Å². The van der Waals surface area contributed by atoms with E-state index in [4.69, 9.17) is 5.73 Å². The van der Waals surface area contributed by atoms with Gasteiger partial charge < -0.3 is 11.1 Å². The Morgan fingerprint density at radius 2 is 2.00 bits per heavy atom. The van der Waals surface area contributed by atoms with E-state index in [0.717, 1.165) is 17.7 Å². The predicted octanol–water partition coefficient (Wildman–Crippen LogP) is 3.86. The number of rotatable bonds is 3. The van der Waals surface area contributed by atoms with E-state index < -0.39 is 11.7 Å². The van der Waals surface area contributed by atoms with Crippen molar-refractivity contribution in [3.05, 3.63) is 53.9 Å². The first-order valence-electron chi connectivity index (χ1n) is 6.01. The molecule has 1 atom stereocenters. The maximum absolute atomic E-state index is 12.5. The summed E-state index contributed by atoms with van der Waals surface area (Å²) >= 11 is 0. The van der Waals surface area contributed by atoms with Crippen LogP contribution in [0.4, 0.5) is 24.5 Å². The highest BCUT2D eigenvalue weighted by Gasteiger charge is 2.30. The Hall–Kier alpha value is -2.24. The Morgan fingerprint density at radius 3 is 2.55 bits per heavy atom. The van der Waals surface area contributed by atoms with Crippen molar-refractivity contribution in [1.29, 1.82) is 0 Å². The van der Waals surface area contributed by atoms with Gasteiger partial charge in [-0.3, -0.25) is 4.98 Å². The fraction of sp³-hybridized carbons (Fsp3) is 0.214. The molecule has 0 aliphatic carbocycles. The van der Waals surface area contributed by atoms with Crippen LogP contribution in [0.2, 0.25) is 0 Å². The molecule has 2 aromatic rings. The number of nitrogen functional groups attached to an aromatic ring is 1. The molecule has 3 N–H and O–H groups in total. The van der Waals surface area contributed by atoms with Gasteiger partial charge in [0.2, 0.25) is 0 Å². The van der Waals surface area contributed by atoms with Crippen LogP contribution in [0.25, 0.3) is 0 Å². The Labute approximate surface area is 114 Å². The average molecular weight is 281 g/mol. The van der Waals surface area contributed by atoms with E-state index in [0.29, 0.717) is 5.69 Å². The molecule has 0 fully saturated rings. The minimum atomic E-state index is -4.39. The number of halogens is 3. The maximum atomic E-state index is 12.5. The molecule has 2 rings (SSSR count). The Kier molecular flexibility index (Phi) is 3.83. The van der Waals surface area contributed by atoms with Crippen molar-refractivity contribution in [2.75, 3.05) is 11.1 Å². The molecule has 1 aromatic carbocycles. The molecule has 0 radical (unpaired) electrons. The number of hydrogen-bond donors (Lipinski definition) is 2. The minimum Gasteiger partial charge on any atom is -0.397 e. The zero-order valence-corrected chi connectivity index (χ0v) is 10.8. The molecular weight excluding hydrogens is 267 g/mol. The third-order valence-corrected chi connectivity index (χ3v) is 2.94. The number of nitrogens with one attached hydrogen (secondary N) is 1. The molecule has 3 nitrogen and oxygen atoms in total. The van der Waals surface area contributed by atoms with Crippen molar-refractivity contribution < 1.29 is 13.2 Å². The van der Waals surface area contributed by atoms with Gasteiger partial charge >= 0.3 is 6.18 Å². The second kappa shape index (κ2) is 5.40. The van der Waals surface area contributed by atoms with Gasteiger partial charge in [0.1, 0.15) is 0 Å². The summed E-state index contributed by atoms with van der Waals surface area (Å²) in [7, 11) is 0. The summed E-state index contributed by atoms with van der Waals surface area (Å²) in [6.45, 7) is 1.88. The normalized spacial score (nSPS) is 13.0. The lowest BCUT2D eigenvalue weighted by Gasteiger charge is -2.18. The maximum Gasteiger partial charge on any atom is 0.416 e. The van der Waals surface area contributed by atoms with Crippen molar-refractivity contribution in [3.63, 3.8) is 0 Å². The van der Waals surface area contributed by atoms with Crippen LogP contribution in [-0.2, 0) is 6.18 Å². The molecule has 0 saturated heterocycles. The number of pyridine rings is 1. The molecule has 0 amide bonds. The largest absolute Gasteiger partial charge is 0.416 e. The van der Waals surface area contributed by atoms with Crippen LogP contribution in [0, 0.1) is 0 Å². The van der Waals surface area contributed by atoms with Crippen molar-refractivity contribution in [1.82, 2.24) is 4.98 Å². The van der Waals surface area contributed by atoms with Gasteiger partial charge in [-0.1, -0.05) is 6.07 Å². The lowest BCUT2D eigenvalue weighted by atomic mass is 10.1. The smallest absolute Gasteiger partial charge is 0.397 e. The third kappa shape index (κ3) is 3.20. The van der Waals surface area contributed by atoms with Gasteiger partial charge in [-0.05, 0) is 36.8 Å². The van der Waals surface area contributed by atoms with Crippen molar-refractivity contribution >= 4 is 11.4 Å². The highest BCUT2D eigenvalue weighted by atomic mass is 19.4. The minimum absolute atomic E-state index is 0.0653. The fourth-order valence-corrected chi connectivity index (χ4v) is 1.82. The van der Waals surface area contributed by atoms with Crippen LogP contribution < -0.4 is 11.1 Å². The summed E-state index contributed by atoms with van der Waals surface area (Å²) < 4.78 is 37.6. The zero-order valence-electron chi connectivity index (χ0n) is 10.8. The van der Waals surface area contributed by atoms with Gasteiger partial charge in [0.15, 0.2) is 0 Å². The summed E-state index contributed by atoms with van der Waals surface area (Å²) in [4.78, 5) is 4.00. The fourth-order valence-electron chi connectivity index (χ4n) is 1.82. The van der Waals surface area contributed by atoms with E-state index >= 15 is 0 Å². The molecule has 0 aliphatic rings. The summed E-state index contributed by atoms with van der Waals surface area (Å²) in [6, 6.07) is 6.84. The molecule has 1 aromatic heterocycles. The standard InChI is InChI=1S/C14H14F3N3/c1-9(10-3-2-6-19-8-10)20-13-5-4-11(7-12(13)18)14(15,16)17/h2-9,20H,18H2,1H3. The van der Waals surface area contributed by atoms with E-state index in [-0.39, 0.29) is 11.7 Å². The van der Waals surface area contributed by atoms with Crippen LogP contribution in [-0.4, -0.2) is 4.98 Å². The number of alkyl halides is 3. The molecule has 1 heterocycles. The monoisotopic (exact) mass is 281 g/mol. The van der Waals surface area contributed by atoms with E-state index in [1.807, 2.05) is 13.0 Å². The zero-order chi connectivity index (χ0) is 14.8. The lowest BCUT2D eigenvalue weighted by Crippen LogP contribution is -2.10. The quantitative estimate of drug-likeness (QED) is 0.840. The van der Waals surface area contributed by atoms with Gasteiger partial charge in [-0.2, -0.15) is 13.2 Å². The molecule has 0 saturated carbocycles. The van der Waals surface area contributed by atoms with Crippen LogP contribution in [0.15, 0.2) is 42.7 Å². The van der Waals surface area contributed by atoms with Crippen molar-refractivity contribution in [2.24, 2.45) is 0 Å². The molecule has 106 valence electrons. The summed E-state index contributed by atoms with van der Waals surface area (Å²) in [5.41, 5.74) is 6.37. The molecule has 0 bridgehead atoms. The highest BCUT2D eigenvalue weighted by Crippen LogP contribution is 2.33. The van der Waals surface area contributed by atoms with E-state index in [1.165, 1.54) is 6.07 Å². The summed E-state index contributed by atoms with van der Waals surface area (Å²) in [6.07, 6.45) is -1.04. The first-order chi connectivity index (χ1) is 9.38. The Morgan fingerprint density at radius 1 is 1.25 bits per heavy atom. The number of nitrogens with zero attached hydrogens (tertiary/aromatic N) is 1.